The predicted octanol–water partition coefficient (Wildman–Crippen LogP) is 1.16. The number of ketones is 1. The molecule has 2 aliphatic rings. The van der Waals surface area contributed by atoms with Gasteiger partial charge in [0.05, 0.1) is 0 Å². The molecule has 0 aromatic heterocycles. The van der Waals surface area contributed by atoms with E-state index in [0.29, 0.717) is 11.8 Å². The van der Waals surface area contributed by atoms with Crippen LogP contribution in [0.25, 0.3) is 0 Å². The average molecular weight is 185 g/mol. The Bertz CT molecular complexity index is 195. The molecule has 2 aliphatic heterocycles. The highest BCUT2D eigenvalue weighted by Crippen LogP contribution is 2.30. The first-order valence-corrected chi connectivity index (χ1v) is 5.87. The van der Waals surface area contributed by atoms with E-state index in [1.54, 1.807) is 0 Å². The molecule has 0 bridgehead atoms. The number of piperidine rings is 1. The third-order valence-corrected chi connectivity index (χ3v) is 3.97. The highest BCUT2D eigenvalue weighted by atomic mass is 32.2. The van der Waals surface area contributed by atoms with E-state index in [9.17, 15) is 4.79 Å². The van der Waals surface area contributed by atoms with Crippen molar-refractivity contribution < 1.29 is 4.79 Å². The summed E-state index contributed by atoms with van der Waals surface area (Å²) in [6.45, 7) is 2.22. The van der Waals surface area contributed by atoms with E-state index in [0.717, 1.165) is 24.6 Å². The van der Waals surface area contributed by atoms with Crippen molar-refractivity contribution in [1.82, 2.24) is 4.90 Å². The molecule has 2 nitrogen and oxygen atoms in total. The molecular weight excluding hydrogens is 170 g/mol. The smallest absolute Gasteiger partial charge is 0.135 e. The minimum atomic E-state index is 0.470. The largest absolute Gasteiger partial charge is 0.300 e. The normalized spacial score (nSPS) is 36.9. The number of nitrogens with zero attached hydrogens (tertiary/aromatic N) is 1. The quantitative estimate of drug-likeness (QED) is 0.611. The number of hydrogen-bond donors (Lipinski definition) is 0. The molecule has 0 aliphatic carbocycles. The Morgan fingerprint density at radius 3 is 3.17 bits per heavy atom. The fourth-order valence-electron chi connectivity index (χ4n) is 2.23. The van der Waals surface area contributed by atoms with Gasteiger partial charge in [-0.2, -0.15) is 11.8 Å². The van der Waals surface area contributed by atoms with E-state index in [1.165, 1.54) is 13.0 Å². The fourth-order valence-corrected chi connectivity index (χ4v) is 2.98. The number of hydrogen-bond acceptors (Lipinski definition) is 3. The second-order valence-electron chi connectivity index (χ2n) is 3.73. The van der Waals surface area contributed by atoms with Crippen LogP contribution >= 0.6 is 11.8 Å². The van der Waals surface area contributed by atoms with Crippen LogP contribution in [0.5, 0.6) is 0 Å². The Balaban J connectivity index is 1.97. The average Bonchev–Trinajstić information content (AvgIpc) is 2.46. The molecule has 0 aromatic rings. The summed E-state index contributed by atoms with van der Waals surface area (Å²) in [6, 6.07) is 0.587. The van der Waals surface area contributed by atoms with Crippen LogP contribution in [0.15, 0.2) is 0 Å². The maximum atomic E-state index is 11.2. The minimum absolute atomic E-state index is 0.470. The summed E-state index contributed by atoms with van der Waals surface area (Å²) in [5, 5.41) is 0.779. The van der Waals surface area contributed by atoms with Crippen molar-refractivity contribution >= 4 is 17.5 Å². The van der Waals surface area contributed by atoms with Crippen molar-refractivity contribution in [3.8, 4) is 0 Å². The maximum absolute atomic E-state index is 11.2. The van der Waals surface area contributed by atoms with E-state index >= 15 is 0 Å². The second-order valence-corrected chi connectivity index (χ2v) is 4.87. The summed E-state index contributed by atoms with van der Waals surface area (Å²) >= 11 is 1.95. The molecule has 2 heterocycles. The molecular formula is C9H15NOS. The van der Waals surface area contributed by atoms with Gasteiger partial charge in [0.1, 0.15) is 5.78 Å². The topological polar surface area (TPSA) is 20.3 Å². The lowest BCUT2D eigenvalue weighted by atomic mass is 10.0. The molecule has 2 rings (SSSR count). The first-order chi connectivity index (χ1) is 5.79. The zero-order chi connectivity index (χ0) is 8.55. The van der Waals surface area contributed by atoms with E-state index < -0.39 is 0 Å². The Labute approximate surface area is 77.7 Å². The lowest BCUT2D eigenvalue weighted by Crippen LogP contribution is -2.38. The van der Waals surface area contributed by atoms with Gasteiger partial charge in [0.25, 0.3) is 0 Å². The van der Waals surface area contributed by atoms with Crippen LogP contribution in [0.4, 0.5) is 0 Å². The molecule has 12 heavy (non-hydrogen) atoms. The van der Waals surface area contributed by atoms with E-state index in [-0.39, 0.29) is 0 Å². The molecule has 0 N–H and O–H groups in total. The van der Waals surface area contributed by atoms with Gasteiger partial charge in [-0.3, -0.25) is 9.69 Å². The van der Waals surface area contributed by atoms with E-state index in [1.807, 2.05) is 11.8 Å². The van der Waals surface area contributed by atoms with Crippen LogP contribution < -0.4 is 0 Å². The maximum Gasteiger partial charge on any atom is 0.135 e. The SMILES string of the molecule is CS[C@H]1C[C@H]2CC(=O)CCN2C1. The van der Waals surface area contributed by atoms with Gasteiger partial charge in [-0.15, -0.1) is 0 Å². The van der Waals surface area contributed by atoms with Gasteiger partial charge in [0.15, 0.2) is 0 Å². The number of rotatable bonds is 1. The van der Waals surface area contributed by atoms with Gasteiger partial charge < -0.3 is 0 Å². The monoisotopic (exact) mass is 185 g/mol. The van der Waals surface area contributed by atoms with Crippen molar-refractivity contribution in [3.63, 3.8) is 0 Å². The minimum Gasteiger partial charge on any atom is -0.300 e. The third-order valence-electron chi connectivity index (χ3n) is 2.96. The summed E-state index contributed by atoms with van der Waals surface area (Å²) < 4.78 is 0. The standard InChI is InChI=1S/C9H15NOS/c1-12-9-5-7-4-8(11)2-3-10(7)6-9/h7,9H,2-6H2,1H3/t7-,9+/m1/s1. The Hall–Kier alpha value is -0.0200. The molecule has 0 saturated carbocycles. The summed E-state index contributed by atoms with van der Waals surface area (Å²) in [5.74, 6) is 0.470. The number of carbonyl (C=O) groups is 1. The molecule has 68 valence electrons. The van der Waals surface area contributed by atoms with Crippen LogP contribution in [0.1, 0.15) is 19.3 Å². The van der Waals surface area contributed by atoms with Crippen LogP contribution in [-0.2, 0) is 4.79 Å². The van der Waals surface area contributed by atoms with E-state index in [2.05, 4.69) is 11.2 Å². The molecule has 0 aromatic carbocycles. The van der Waals surface area contributed by atoms with Crippen molar-refractivity contribution in [2.75, 3.05) is 19.3 Å². The van der Waals surface area contributed by atoms with Crippen molar-refractivity contribution in [1.29, 1.82) is 0 Å². The van der Waals surface area contributed by atoms with E-state index in [4.69, 9.17) is 0 Å². The van der Waals surface area contributed by atoms with Crippen LogP contribution in [0.3, 0.4) is 0 Å². The summed E-state index contributed by atoms with van der Waals surface area (Å²) in [5.41, 5.74) is 0. The predicted molar refractivity (Wildman–Crippen MR) is 51.5 cm³/mol. The van der Waals surface area contributed by atoms with Gasteiger partial charge in [-0.25, -0.2) is 0 Å². The van der Waals surface area contributed by atoms with Gasteiger partial charge in [0, 0.05) is 37.2 Å². The van der Waals surface area contributed by atoms with Crippen molar-refractivity contribution in [2.45, 2.75) is 30.6 Å². The number of carbonyl (C=O) groups excluding carboxylic acids is 1. The van der Waals surface area contributed by atoms with Crippen LogP contribution in [-0.4, -0.2) is 41.3 Å². The lowest BCUT2D eigenvalue weighted by Gasteiger charge is -2.27. The Morgan fingerprint density at radius 2 is 2.42 bits per heavy atom. The highest BCUT2D eigenvalue weighted by Gasteiger charge is 2.35. The molecule has 0 radical (unpaired) electrons. The van der Waals surface area contributed by atoms with Crippen molar-refractivity contribution in [3.05, 3.63) is 0 Å². The molecule has 2 saturated heterocycles. The molecule has 0 spiro atoms. The summed E-state index contributed by atoms with van der Waals surface area (Å²) in [4.78, 5) is 13.7. The zero-order valence-electron chi connectivity index (χ0n) is 7.45. The lowest BCUT2D eigenvalue weighted by molar-refractivity contribution is -0.122. The summed E-state index contributed by atoms with van der Waals surface area (Å²) in [6.07, 6.45) is 5.01. The van der Waals surface area contributed by atoms with Gasteiger partial charge >= 0.3 is 0 Å². The zero-order valence-corrected chi connectivity index (χ0v) is 8.27. The fraction of sp³-hybridized carbons (Fsp3) is 0.889. The first kappa shape index (κ1) is 8.57. The van der Waals surface area contributed by atoms with Gasteiger partial charge in [0.2, 0.25) is 0 Å². The Kier molecular flexibility index (Phi) is 2.42. The highest BCUT2D eigenvalue weighted by molar-refractivity contribution is 7.99. The molecule has 2 atom stereocenters. The number of thioether (sulfide) groups is 1. The first-order valence-electron chi connectivity index (χ1n) is 4.58. The molecule has 3 heteroatoms. The molecule has 0 unspecified atom stereocenters. The van der Waals surface area contributed by atoms with Crippen LogP contribution in [0, 0.1) is 0 Å². The molecule has 2 fully saturated rings. The van der Waals surface area contributed by atoms with Crippen LogP contribution in [0.2, 0.25) is 0 Å². The summed E-state index contributed by atoms with van der Waals surface area (Å²) in [7, 11) is 0. The molecule has 0 amide bonds. The third kappa shape index (κ3) is 1.52. The number of fused-ring (bicyclic) bond motifs is 1. The van der Waals surface area contributed by atoms with Gasteiger partial charge in [-0.05, 0) is 12.7 Å². The van der Waals surface area contributed by atoms with Crippen molar-refractivity contribution in [2.24, 2.45) is 0 Å². The van der Waals surface area contributed by atoms with Gasteiger partial charge in [-0.1, -0.05) is 0 Å². The second kappa shape index (κ2) is 3.38. The number of Topliss-reactive ketones (excluding diaryl/α,β-unsaturated/α-hetero) is 1. The Morgan fingerprint density at radius 1 is 1.58 bits per heavy atom.